The van der Waals surface area contributed by atoms with Crippen molar-refractivity contribution in [3.05, 3.63) is 86.6 Å². The molecule has 28 heavy (non-hydrogen) atoms. The molecule has 2 N–H and O–H groups in total. The van der Waals surface area contributed by atoms with Crippen molar-refractivity contribution in [2.75, 3.05) is 10.6 Å². The summed E-state index contributed by atoms with van der Waals surface area (Å²) in [5, 5.41) is 6.56. The summed E-state index contributed by atoms with van der Waals surface area (Å²) in [6.07, 6.45) is 0. The standard InChI is InChI=1S/C20H14Cl3N3O2/c1-11-15(6-8-18(23)24-11)20(28)25-14-5-7-16(22)17(10-14)26-19(27)12-3-2-4-13(21)9-12/h2-10H,1H3,(H,25,28)(H,26,27). The molecule has 8 heteroatoms. The first kappa shape index (κ1) is 20.1. The number of carbonyl (C=O) groups is 2. The first-order valence-electron chi connectivity index (χ1n) is 8.14. The number of aryl methyl sites for hydroxylation is 1. The molecule has 0 aliphatic carbocycles. The molecule has 0 spiro atoms. The molecule has 0 aliphatic heterocycles. The summed E-state index contributed by atoms with van der Waals surface area (Å²) in [6.45, 7) is 1.69. The maximum atomic E-state index is 12.5. The van der Waals surface area contributed by atoms with Crippen LogP contribution >= 0.6 is 34.8 Å². The number of anilines is 2. The van der Waals surface area contributed by atoms with Gasteiger partial charge in [0.15, 0.2) is 0 Å². The first-order chi connectivity index (χ1) is 13.3. The average Bonchev–Trinajstić information content (AvgIpc) is 2.64. The zero-order valence-corrected chi connectivity index (χ0v) is 16.9. The second kappa shape index (κ2) is 8.61. The third-order valence-corrected chi connectivity index (χ3v) is 4.63. The van der Waals surface area contributed by atoms with Gasteiger partial charge in [-0.2, -0.15) is 0 Å². The Hall–Kier alpha value is -2.60. The lowest BCUT2D eigenvalue weighted by Gasteiger charge is -2.12. The summed E-state index contributed by atoms with van der Waals surface area (Å²) >= 11 is 17.9. The fraction of sp³-hybridized carbons (Fsp3) is 0.0500. The Labute approximate surface area is 176 Å². The number of nitrogens with zero attached hydrogens (tertiary/aromatic N) is 1. The molecular weight excluding hydrogens is 421 g/mol. The van der Waals surface area contributed by atoms with E-state index in [1.54, 1.807) is 61.5 Å². The van der Waals surface area contributed by atoms with Gasteiger partial charge >= 0.3 is 0 Å². The predicted octanol–water partition coefficient (Wildman–Crippen LogP) is 5.85. The highest BCUT2D eigenvalue weighted by Crippen LogP contribution is 2.27. The zero-order chi connectivity index (χ0) is 20.3. The summed E-state index contributed by atoms with van der Waals surface area (Å²) in [7, 11) is 0. The molecule has 142 valence electrons. The number of halogens is 3. The average molecular weight is 435 g/mol. The van der Waals surface area contributed by atoms with Gasteiger partial charge in [-0.05, 0) is 55.5 Å². The topological polar surface area (TPSA) is 71.1 Å². The second-order valence-corrected chi connectivity index (χ2v) is 7.11. The van der Waals surface area contributed by atoms with Crippen LogP contribution < -0.4 is 10.6 Å². The molecule has 0 aliphatic rings. The molecule has 2 amide bonds. The lowest BCUT2D eigenvalue weighted by atomic mass is 10.2. The predicted molar refractivity (Wildman–Crippen MR) is 113 cm³/mol. The van der Waals surface area contributed by atoms with E-state index in [2.05, 4.69) is 15.6 Å². The molecule has 0 saturated carbocycles. The second-order valence-electron chi connectivity index (χ2n) is 5.88. The molecule has 1 aromatic heterocycles. The van der Waals surface area contributed by atoms with Gasteiger partial charge in [0.25, 0.3) is 11.8 Å². The molecule has 0 fully saturated rings. The van der Waals surface area contributed by atoms with Crippen LogP contribution in [0.3, 0.4) is 0 Å². The van der Waals surface area contributed by atoms with Crippen molar-refractivity contribution in [3.63, 3.8) is 0 Å². The van der Waals surface area contributed by atoms with Gasteiger partial charge in [-0.1, -0.05) is 40.9 Å². The Balaban J connectivity index is 1.79. The number of hydrogen-bond donors (Lipinski definition) is 2. The molecule has 2 aromatic carbocycles. The number of nitrogens with one attached hydrogen (secondary N) is 2. The van der Waals surface area contributed by atoms with E-state index in [1.165, 1.54) is 0 Å². The van der Waals surface area contributed by atoms with Crippen LogP contribution in [0.1, 0.15) is 26.4 Å². The van der Waals surface area contributed by atoms with E-state index in [1.807, 2.05) is 0 Å². The van der Waals surface area contributed by atoms with Gasteiger partial charge in [0.05, 0.1) is 22.0 Å². The maximum Gasteiger partial charge on any atom is 0.257 e. The Morgan fingerprint density at radius 3 is 2.39 bits per heavy atom. The van der Waals surface area contributed by atoms with Gasteiger partial charge in [-0.25, -0.2) is 4.98 Å². The number of pyridine rings is 1. The molecule has 0 unspecified atom stereocenters. The summed E-state index contributed by atoms with van der Waals surface area (Å²) in [6, 6.07) is 14.5. The molecule has 0 saturated heterocycles. The van der Waals surface area contributed by atoms with Gasteiger partial charge in [0.1, 0.15) is 5.15 Å². The van der Waals surface area contributed by atoms with E-state index >= 15 is 0 Å². The molecule has 3 rings (SSSR count). The highest BCUT2D eigenvalue weighted by molar-refractivity contribution is 6.34. The van der Waals surface area contributed by atoms with Gasteiger partial charge in [-0.3, -0.25) is 9.59 Å². The van der Waals surface area contributed by atoms with Crippen LogP contribution in [0.4, 0.5) is 11.4 Å². The third-order valence-electron chi connectivity index (χ3n) is 3.86. The maximum absolute atomic E-state index is 12.5. The van der Waals surface area contributed by atoms with Crippen molar-refractivity contribution in [2.24, 2.45) is 0 Å². The van der Waals surface area contributed by atoms with E-state index in [4.69, 9.17) is 34.8 Å². The zero-order valence-electron chi connectivity index (χ0n) is 14.6. The summed E-state index contributed by atoms with van der Waals surface area (Å²) in [5.41, 5.74) is 2.11. The van der Waals surface area contributed by atoms with Crippen LogP contribution in [0.15, 0.2) is 54.6 Å². The fourth-order valence-corrected chi connectivity index (χ4v) is 3.04. The van der Waals surface area contributed by atoms with E-state index < -0.39 is 0 Å². The quantitative estimate of drug-likeness (QED) is 0.506. The molecule has 0 bridgehead atoms. The minimum Gasteiger partial charge on any atom is -0.322 e. The van der Waals surface area contributed by atoms with Crippen molar-refractivity contribution in [1.82, 2.24) is 4.98 Å². The van der Waals surface area contributed by atoms with Crippen LogP contribution in [-0.4, -0.2) is 16.8 Å². The Morgan fingerprint density at radius 1 is 0.893 bits per heavy atom. The van der Waals surface area contributed by atoms with Gasteiger partial charge < -0.3 is 10.6 Å². The monoisotopic (exact) mass is 433 g/mol. The SMILES string of the molecule is Cc1nc(Cl)ccc1C(=O)Nc1ccc(Cl)c(NC(=O)c2cccc(Cl)c2)c1. The van der Waals surface area contributed by atoms with Crippen molar-refractivity contribution in [2.45, 2.75) is 6.92 Å². The first-order valence-corrected chi connectivity index (χ1v) is 9.28. The van der Waals surface area contributed by atoms with E-state index in [9.17, 15) is 9.59 Å². The number of benzene rings is 2. The van der Waals surface area contributed by atoms with E-state index in [0.717, 1.165) is 0 Å². The molecule has 0 atom stereocenters. The van der Waals surface area contributed by atoms with Gasteiger partial charge in [-0.15, -0.1) is 0 Å². The van der Waals surface area contributed by atoms with E-state index in [-0.39, 0.29) is 11.8 Å². The molecule has 0 radical (unpaired) electrons. The summed E-state index contributed by atoms with van der Waals surface area (Å²) in [5.74, 6) is -0.721. The number of aromatic nitrogens is 1. The summed E-state index contributed by atoms with van der Waals surface area (Å²) in [4.78, 5) is 29.0. The van der Waals surface area contributed by atoms with Crippen molar-refractivity contribution >= 4 is 58.0 Å². The number of rotatable bonds is 4. The molecule has 3 aromatic rings. The van der Waals surface area contributed by atoms with Crippen LogP contribution in [0.25, 0.3) is 0 Å². The number of amides is 2. The van der Waals surface area contributed by atoms with Crippen LogP contribution in [0.5, 0.6) is 0 Å². The molecule has 5 nitrogen and oxygen atoms in total. The minimum absolute atomic E-state index is 0.312. The highest BCUT2D eigenvalue weighted by atomic mass is 35.5. The van der Waals surface area contributed by atoms with Crippen molar-refractivity contribution < 1.29 is 9.59 Å². The largest absolute Gasteiger partial charge is 0.322 e. The lowest BCUT2D eigenvalue weighted by molar-refractivity contribution is 0.101. The molecular formula is C20H14Cl3N3O2. The van der Waals surface area contributed by atoms with Crippen molar-refractivity contribution in [3.8, 4) is 0 Å². The molecule has 1 heterocycles. The Morgan fingerprint density at radius 2 is 1.68 bits per heavy atom. The normalized spacial score (nSPS) is 10.4. The minimum atomic E-state index is -0.370. The number of hydrogen-bond acceptors (Lipinski definition) is 3. The Kier molecular flexibility index (Phi) is 6.19. The summed E-state index contributed by atoms with van der Waals surface area (Å²) < 4.78 is 0. The van der Waals surface area contributed by atoms with E-state index in [0.29, 0.717) is 43.4 Å². The highest BCUT2D eigenvalue weighted by Gasteiger charge is 2.13. The van der Waals surface area contributed by atoms with Crippen LogP contribution in [0, 0.1) is 6.92 Å². The smallest absolute Gasteiger partial charge is 0.257 e. The lowest BCUT2D eigenvalue weighted by Crippen LogP contribution is -2.15. The van der Waals surface area contributed by atoms with Crippen LogP contribution in [-0.2, 0) is 0 Å². The fourth-order valence-electron chi connectivity index (χ4n) is 2.49. The van der Waals surface area contributed by atoms with Gasteiger partial charge in [0.2, 0.25) is 0 Å². The van der Waals surface area contributed by atoms with Gasteiger partial charge in [0, 0.05) is 16.3 Å². The van der Waals surface area contributed by atoms with Crippen molar-refractivity contribution in [1.29, 1.82) is 0 Å². The van der Waals surface area contributed by atoms with Crippen LogP contribution in [0.2, 0.25) is 15.2 Å². The third kappa shape index (κ3) is 4.81. The Bertz CT molecular complexity index is 1070. The number of carbonyl (C=O) groups excluding carboxylic acids is 2.